The summed E-state index contributed by atoms with van der Waals surface area (Å²) in [5.41, 5.74) is 1.40. The third kappa shape index (κ3) is 3.58. The van der Waals surface area contributed by atoms with E-state index in [1.54, 1.807) is 0 Å². The van der Waals surface area contributed by atoms with Gasteiger partial charge in [0, 0.05) is 6.08 Å². The van der Waals surface area contributed by atoms with Gasteiger partial charge in [-0.1, -0.05) is 36.4 Å². The van der Waals surface area contributed by atoms with Crippen LogP contribution >= 0.6 is 11.8 Å². The van der Waals surface area contributed by atoms with Crippen LogP contribution in [0.25, 0.3) is 6.08 Å². The number of furan rings is 1. The standard InChI is InChI=1S/C20H13N3O4S/c24-19-17(13-16-11-12-18(27-16)23(25)26)28-20(21-14-7-3-1-4-8-14)22(19)15-9-5-2-6-10-15/h1-13H/b17-13-,21-20?. The van der Waals surface area contributed by atoms with Crippen molar-refractivity contribution in [2.75, 3.05) is 4.90 Å². The van der Waals surface area contributed by atoms with Gasteiger partial charge in [0.15, 0.2) is 5.17 Å². The van der Waals surface area contributed by atoms with Crippen LogP contribution in [-0.4, -0.2) is 16.0 Å². The molecule has 1 saturated heterocycles. The number of hydrogen-bond donors (Lipinski definition) is 0. The van der Waals surface area contributed by atoms with Crippen LogP contribution in [-0.2, 0) is 4.79 Å². The van der Waals surface area contributed by atoms with Crippen LogP contribution in [0.1, 0.15) is 5.76 Å². The van der Waals surface area contributed by atoms with Gasteiger partial charge in [-0.15, -0.1) is 0 Å². The van der Waals surface area contributed by atoms with Gasteiger partial charge < -0.3 is 4.42 Å². The summed E-state index contributed by atoms with van der Waals surface area (Å²) in [5, 5.41) is 11.3. The number of hydrogen-bond acceptors (Lipinski definition) is 6. The summed E-state index contributed by atoms with van der Waals surface area (Å²) in [7, 11) is 0. The molecule has 1 fully saturated rings. The molecule has 8 heteroatoms. The fraction of sp³-hybridized carbons (Fsp3) is 0. The number of anilines is 1. The minimum Gasteiger partial charge on any atom is -0.401 e. The van der Waals surface area contributed by atoms with E-state index in [0.29, 0.717) is 21.4 Å². The second-order valence-electron chi connectivity index (χ2n) is 5.75. The first-order valence-corrected chi connectivity index (χ1v) is 9.10. The Kier molecular flexibility index (Phi) is 4.77. The Bertz CT molecular complexity index is 1090. The van der Waals surface area contributed by atoms with Gasteiger partial charge in [-0.3, -0.25) is 19.8 Å². The van der Waals surface area contributed by atoms with Gasteiger partial charge in [-0.05, 0) is 42.1 Å². The number of aliphatic imine (C=N–C) groups is 1. The third-order valence-corrected chi connectivity index (χ3v) is 4.84. The van der Waals surface area contributed by atoms with Crippen molar-refractivity contribution in [2.45, 2.75) is 0 Å². The monoisotopic (exact) mass is 391 g/mol. The summed E-state index contributed by atoms with van der Waals surface area (Å²) in [6, 6.07) is 21.2. The summed E-state index contributed by atoms with van der Waals surface area (Å²) in [6.45, 7) is 0. The summed E-state index contributed by atoms with van der Waals surface area (Å²) >= 11 is 1.19. The van der Waals surface area contributed by atoms with E-state index in [0.717, 1.165) is 0 Å². The molecule has 138 valence electrons. The van der Waals surface area contributed by atoms with Crippen molar-refractivity contribution in [3.63, 3.8) is 0 Å². The highest BCUT2D eigenvalue weighted by molar-refractivity contribution is 8.19. The molecule has 1 amide bonds. The van der Waals surface area contributed by atoms with E-state index in [-0.39, 0.29) is 17.6 Å². The van der Waals surface area contributed by atoms with Crippen molar-refractivity contribution in [3.8, 4) is 0 Å². The Morgan fingerprint density at radius 3 is 2.32 bits per heavy atom. The van der Waals surface area contributed by atoms with Gasteiger partial charge in [-0.2, -0.15) is 0 Å². The van der Waals surface area contributed by atoms with E-state index in [4.69, 9.17) is 4.42 Å². The van der Waals surface area contributed by atoms with E-state index in [9.17, 15) is 14.9 Å². The zero-order chi connectivity index (χ0) is 19.5. The summed E-state index contributed by atoms with van der Waals surface area (Å²) in [5.74, 6) is -0.415. The predicted molar refractivity (Wildman–Crippen MR) is 108 cm³/mol. The van der Waals surface area contributed by atoms with Crippen LogP contribution in [0.5, 0.6) is 0 Å². The van der Waals surface area contributed by atoms with Crippen LogP contribution in [0.3, 0.4) is 0 Å². The van der Waals surface area contributed by atoms with E-state index >= 15 is 0 Å². The van der Waals surface area contributed by atoms with Crippen molar-refractivity contribution >= 4 is 46.2 Å². The molecule has 0 atom stereocenters. The molecular weight excluding hydrogens is 378 g/mol. The number of benzene rings is 2. The molecule has 1 aromatic heterocycles. The fourth-order valence-corrected chi connectivity index (χ4v) is 3.59. The van der Waals surface area contributed by atoms with Crippen molar-refractivity contribution in [1.29, 1.82) is 0 Å². The molecule has 2 aromatic carbocycles. The van der Waals surface area contributed by atoms with Crippen molar-refractivity contribution in [1.82, 2.24) is 0 Å². The topological polar surface area (TPSA) is 88.9 Å². The zero-order valence-electron chi connectivity index (χ0n) is 14.4. The minimum atomic E-state index is -0.621. The first-order valence-electron chi connectivity index (χ1n) is 8.29. The Balaban J connectivity index is 1.74. The maximum atomic E-state index is 13.0. The number of rotatable bonds is 4. The lowest BCUT2D eigenvalue weighted by Gasteiger charge is -2.15. The quantitative estimate of drug-likeness (QED) is 0.355. The van der Waals surface area contributed by atoms with Crippen molar-refractivity contribution in [2.24, 2.45) is 4.99 Å². The Labute approximate surface area is 164 Å². The van der Waals surface area contributed by atoms with Crippen LogP contribution in [0, 0.1) is 10.1 Å². The molecule has 0 radical (unpaired) electrons. The van der Waals surface area contributed by atoms with Gasteiger partial charge in [-0.25, -0.2) is 4.99 Å². The molecule has 2 heterocycles. The number of amides is 1. The molecular formula is C20H13N3O4S. The van der Waals surface area contributed by atoms with E-state index < -0.39 is 4.92 Å². The lowest BCUT2D eigenvalue weighted by Crippen LogP contribution is -2.28. The third-order valence-electron chi connectivity index (χ3n) is 3.87. The molecule has 4 rings (SSSR count). The molecule has 0 saturated carbocycles. The van der Waals surface area contributed by atoms with Crippen LogP contribution < -0.4 is 4.90 Å². The summed E-state index contributed by atoms with van der Waals surface area (Å²) < 4.78 is 5.15. The maximum absolute atomic E-state index is 13.0. The first-order chi connectivity index (χ1) is 13.6. The smallest absolute Gasteiger partial charge is 0.401 e. The number of nitrogens with zero attached hydrogens (tertiary/aromatic N) is 3. The van der Waals surface area contributed by atoms with E-state index in [2.05, 4.69) is 4.99 Å². The van der Waals surface area contributed by atoms with Crippen molar-refractivity contribution in [3.05, 3.63) is 93.6 Å². The number of thioether (sulfide) groups is 1. The lowest BCUT2D eigenvalue weighted by molar-refractivity contribution is -0.402. The van der Waals surface area contributed by atoms with E-state index in [1.807, 2.05) is 60.7 Å². The number of para-hydroxylation sites is 2. The van der Waals surface area contributed by atoms with Crippen LogP contribution in [0.4, 0.5) is 17.3 Å². The summed E-state index contributed by atoms with van der Waals surface area (Å²) in [6.07, 6.45) is 1.49. The lowest BCUT2D eigenvalue weighted by atomic mass is 10.3. The number of carbonyl (C=O) groups excluding carboxylic acids is 1. The average Bonchev–Trinajstić information content (AvgIpc) is 3.29. The highest BCUT2D eigenvalue weighted by atomic mass is 32.2. The van der Waals surface area contributed by atoms with Gasteiger partial charge >= 0.3 is 5.88 Å². The Morgan fingerprint density at radius 2 is 1.68 bits per heavy atom. The average molecular weight is 391 g/mol. The molecule has 1 aliphatic heterocycles. The highest BCUT2D eigenvalue weighted by Crippen LogP contribution is 2.37. The number of amidine groups is 1. The molecule has 0 aliphatic carbocycles. The molecule has 0 N–H and O–H groups in total. The van der Waals surface area contributed by atoms with Crippen LogP contribution in [0.15, 0.2) is 87.1 Å². The zero-order valence-corrected chi connectivity index (χ0v) is 15.2. The van der Waals surface area contributed by atoms with Crippen molar-refractivity contribution < 1.29 is 14.1 Å². The second-order valence-corrected chi connectivity index (χ2v) is 6.76. The number of carbonyl (C=O) groups is 1. The molecule has 0 unspecified atom stereocenters. The SMILES string of the molecule is O=C1/C(=C/c2ccc([N+](=O)[O-])o2)SC(=Nc2ccccc2)N1c1ccccc1. The molecule has 28 heavy (non-hydrogen) atoms. The Morgan fingerprint density at radius 1 is 1.00 bits per heavy atom. The van der Waals surface area contributed by atoms with E-state index in [1.165, 1.54) is 34.9 Å². The molecule has 1 aliphatic rings. The van der Waals surface area contributed by atoms with Gasteiger partial charge in [0.1, 0.15) is 10.7 Å². The predicted octanol–water partition coefficient (Wildman–Crippen LogP) is 5.00. The maximum Gasteiger partial charge on any atom is 0.433 e. The van der Waals surface area contributed by atoms with Crippen LogP contribution in [0.2, 0.25) is 0 Å². The minimum absolute atomic E-state index is 0.233. The molecule has 3 aromatic rings. The van der Waals surface area contributed by atoms with Gasteiger partial charge in [0.2, 0.25) is 0 Å². The molecule has 0 bridgehead atoms. The molecule has 0 spiro atoms. The second kappa shape index (κ2) is 7.53. The fourth-order valence-electron chi connectivity index (χ4n) is 2.61. The summed E-state index contributed by atoms with van der Waals surface area (Å²) in [4.78, 5) is 29.7. The normalized spacial score (nSPS) is 16.9. The van der Waals surface area contributed by atoms with Gasteiger partial charge in [0.25, 0.3) is 5.91 Å². The van der Waals surface area contributed by atoms with Gasteiger partial charge in [0.05, 0.1) is 22.3 Å². The highest BCUT2D eigenvalue weighted by Gasteiger charge is 2.35. The first kappa shape index (κ1) is 17.7. The number of nitro groups is 1. The largest absolute Gasteiger partial charge is 0.433 e. The molecule has 7 nitrogen and oxygen atoms in total. The Hall–Kier alpha value is -3.65.